The van der Waals surface area contributed by atoms with E-state index in [4.69, 9.17) is 4.74 Å². The first-order valence-corrected chi connectivity index (χ1v) is 8.42. The molecule has 0 atom stereocenters. The van der Waals surface area contributed by atoms with Crippen LogP contribution in [0.2, 0.25) is 0 Å². The molecule has 2 aromatic carbocycles. The minimum atomic E-state index is 0.0511. The standard InChI is InChI=1S/C20H26N2O2/c1-3-4-14-21-20(23)16-22(15-17-8-6-5-7-9-17)18-10-12-19(24-2)13-11-18/h5-13H,3-4,14-16H2,1-2H3,(H,21,23). The second kappa shape index (κ2) is 9.60. The second-order valence-electron chi connectivity index (χ2n) is 5.74. The van der Waals surface area contributed by atoms with Crippen LogP contribution in [0.25, 0.3) is 0 Å². The van der Waals surface area contributed by atoms with Gasteiger partial charge >= 0.3 is 0 Å². The summed E-state index contributed by atoms with van der Waals surface area (Å²) in [6.07, 6.45) is 2.08. The molecule has 0 unspecified atom stereocenters. The van der Waals surface area contributed by atoms with Crippen molar-refractivity contribution in [1.29, 1.82) is 0 Å². The van der Waals surface area contributed by atoms with Crippen molar-refractivity contribution in [3.05, 3.63) is 60.2 Å². The molecule has 0 spiro atoms. The third-order valence-corrected chi connectivity index (χ3v) is 3.84. The molecule has 1 N–H and O–H groups in total. The molecule has 2 rings (SSSR count). The molecule has 4 nitrogen and oxygen atoms in total. The van der Waals surface area contributed by atoms with Crippen LogP contribution in [0.5, 0.6) is 5.75 Å². The maximum Gasteiger partial charge on any atom is 0.239 e. The van der Waals surface area contributed by atoms with Gasteiger partial charge in [-0.1, -0.05) is 43.7 Å². The first-order valence-electron chi connectivity index (χ1n) is 8.42. The van der Waals surface area contributed by atoms with E-state index in [9.17, 15) is 4.79 Å². The monoisotopic (exact) mass is 326 g/mol. The van der Waals surface area contributed by atoms with Crippen LogP contribution in [0, 0.1) is 0 Å². The maximum absolute atomic E-state index is 12.2. The molecule has 0 bridgehead atoms. The van der Waals surface area contributed by atoms with Crippen LogP contribution in [-0.2, 0) is 11.3 Å². The van der Waals surface area contributed by atoms with Crippen LogP contribution < -0.4 is 15.0 Å². The Labute approximate surface area is 144 Å². The molecule has 4 heteroatoms. The lowest BCUT2D eigenvalue weighted by Crippen LogP contribution is -2.37. The average molecular weight is 326 g/mol. The fourth-order valence-corrected chi connectivity index (χ4v) is 2.47. The Morgan fingerprint density at radius 3 is 2.42 bits per heavy atom. The first kappa shape index (κ1) is 17.9. The number of methoxy groups -OCH3 is 1. The lowest BCUT2D eigenvalue weighted by molar-refractivity contribution is -0.119. The molecule has 0 aliphatic carbocycles. The number of amides is 1. The van der Waals surface area contributed by atoms with Gasteiger partial charge in [-0.05, 0) is 36.2 Å². The lowest BCUT2D eigenvalue weighted by Gasteiger charge is -2.24. The van der Waals surface area contributed by atoms with Gasteiger partial charge in [-0.2, -0.15) is 0 Å². The van der Waals surface area contributed by atoms with Crippen molar-refractivity contribution in [3.8, 4) is 5.75 Å². The molecule has 0 radical (unpaired) electrons. The fourth-order valence-electron chi connectivity index (χ4n) is 2.47. The fraction of sp³-hybridized carbons (Fsp3) is 0.350. The van der Waals surface area contributed by atoms with Crippen LogP contribution in [0.4, 0.5) is 5.69 Å². The van der Waals surface area contributed by atoms with E-state index in [1.54, 1.807) is 7.11 Å². The normalized spacial score (nSPS) is 10.2. The predicted molar refractivity (Wildman–Crippen MR) is 98.4 cm³/mol. The van der Waals surface area contributed by atoms with Crippen molar-refractivity contribution >= 4 is 11.6 Å². The van der Waals surface area contributed by atoms with E-state index in [2.05, 4.69) is 29.3 Å². The minimum absolute atomic E-state index is 0.0511. The lowest BCUT2D eigenvalue weighted by atomic mass is 10.2. The molecule has 0 heterocycles. The zero-order valence-electron chi connectivity index (χ0n) is 14.5. The third kappa shape index (κ3) is 5.61. The number of ether oxygens (including phenoxy) is 1. The Bertz CT molecular complexity index is 611. The van der Waals surface area contributed by atoms with Crippen LogP contribution >= 0.6 is 0 Å². The minimum Gasteiger partial charge on any atom is -0.497 e. The van der Waals surface area contributed by atoms with Crippen LogP contribution in [0.15, 0.2) is 54.6 Å². The second-order valence-corrected chi connectivity index (χ2v) is 5.74. The molecular weight excluding hydrogens is 300 g/mol. The van der Waals surface area contributed by atoms with Crippen molar-refractivity contribution in [2.75, 3.05) is 25.1 Å². The summed E-state index contributed by atoms with van der Waals surface area (Å²) in [4.78, 5) is 14.3. The van der Waals surface area contributed by atoms with Gasteiger partial charge in [-0.25, -0.2) is 0 Å². The van der Waals surface area contributed by atoms with Gasteiger partial charge in [-0.3, -0.25) is 4.79 Å². The summed E-state index contributed by atoms with van der Waals surface area (Å²) < 4.78 is 5.22. The molecule has 2 aromatic rings. The summed E-state index contributed by atoms with van der Waals surface area (Å²) in [6.45, 7) is 3.88. The van der Waals surface area contributed by atoms with E-state index in [1.165, 1.54) is 5.56 Å². The number of benzene rings is 2. The summed E-state index contributed by atoms with van der Waals surface area (Å²) in [5.41, 5.74) is 2.18. The van der Waals surface area contributed by atoms with Gasteiger partial charge in [0.1, 0.15) is 5.75 Å². The van der Waals surface area contributed by atoms with E-state index < -0.39 is 0 Å². The van der Waals surface area contributed by atoms with Gasteiger partial charge in [0.15, 0.2) is 0 Å². The summed E-state index contributed by atoms with van der Waals surface area (Å²) in [5, 5.41) is 2.99. The highest BCUT2D eigenvalue weighted by molar-refractivity contribution is 5.81. The Morgan fingerprint density at radius 1 is 1.08 bits per heavy atom. The van der Waals surface area contributed by atoms with Crippen molar-refractivity contribution in [2.45, 2.75) is 26.3 Å². The highest BCUT2D eigenvalue weighted by atomic mass is 16.5. The van der Waals surface area contributed by atoms with Crippen molar-refractivity contribution < 1.29 is 9.53 Å². The zero-order chi connectivity index (χ0) is 17.2. The SMILES string of the molecule is CCCCNC(=O)CN(Cc1ccccc1)c1ccc(OC)cc1. The third-order valence-electron chi connectivity index (χ3n) is 3.84. The van der Waals surface area contributed by atoms with Crippen LogP contribution in [0.1, 0.15) is 25.3 Å². The molecule has 24 heavy (non-hydrogen) atoms. The predicted octanol–water partition coefficient (Wildman–Crippen LogP) is 3.62. The molecule has 0 aliphatic heterocycles. The Morgan fingerprint density at radius 2 is 1.79 bits per heavy atom. The number of anilines is 1. The molecule has 0 aromatic heterocycles. The quantitative estimate of drug-likeness (QED) is 0.716. The van der Waals surface area contributed by atoms with Gasteiger partial charge in [0.05, 0.1) is 13.7 Å². The number of hydrogen-bond acceptors (Lipinski definition) is 3. The van der Waals surface area contributed by atoms with Crippen LogP contribution in [-0.4, -0.2) is 26.1 Å². The molecule has 0 aliphatic rings. The number of rotatable bonds is 9. The maximum atomic E-state index is 12.2. The molecular formula is C20H26N2O2. The van der Waals surface area contributed by atoms with Gasteiger partial charge in [0.25, 0.3) is 0 Å². The highest BCUT2D eigenvalue weighted by Gasteiger charge is 2.12. The number of hydrogen-bond donors (Lipinski definition) is 1. The number of nitrogens with one attached hydrogen (secondary N) is 1. The highest BCUT2D eigenvalue weighted by Crippen LogP contribution is 2.21. The van der Waals surface area contributed by atoms with Crippen LogP contribution in [0.3, 0.4) is 0 Å². The molecule has 128 valence electrons. The smallest absolute Gasteiger partial charge is 0.239 e. The van der Waals surface area contributed by atoms with Gasteiger partial charge in [0.2, 0.25) is 5.91 Å². The van der Waals surface area contributed by atoms with E-state index in [0.717, 1.165) is 30.8 Å². The Balaban J connectivity index is 2.09. The van der Waals surface area contributed by atoms with Crippen molar-refractivity contribution in [3.63, 3.8) is 0 Å². The van der Waals surface area contributed by atoms with E-state index in [1.807, 2.05) is 42.5 Å². The zero-order valence-corrected chi connectivity index (χ0v) is 14.5. The van der Waals surface area contributed by atoms with E-state index in [-0.39, 0.29) is 5.91 Å². The Kier molecular flexibility index (Phi) is 7.15. The summed E-state index contributed by atoms with van der Waals surface area (Å²) in [5.74, 6) is 0.862. The topological polar surface area (TPSA) is 41.6 Å². The van der Waals surface area contributed by atoms with Gasteiger partial charge in [-0.15, -0.1) is 0 Å². The number of nitrogens with zero attached hydrogens (tertiary/aromatic N) is 1. The molecule has 1 amide bonds. The summed E-state index contributed by atoms with van der Waals surface area (Å²) >= 11 is 0. The number of carbonyl (C=O) groups excluding carboxylic acids is 1. The molecule has 0 saturated heterocycles. The van der Waals surface area contributed by atoms with E-state index >= 15 is 0 Å². The average Bonchev–Trinajstić information content (AvgIpc) is 2.62. The number of carbonyl (C=O) groups is 1. The summed E-state index contributed by atoms with van der Waals surface area (Å²) in [7, 11) is 1.65. The van der Waals surface area contributed by atoms with Gasteiger partial charge < -0.3 is 15.0 Å². The van der Waals surface area contributed by atoms with Crippen molar-refractivity contribution in [2.24, 2.45) is 0 Å². The van der Waals surface area contributed by atoms with Crippen molar-refractivity contribution in [1.82, 2.24) is 5.32 Å². The molecule has 0 fully saturated rings. The molecule has 0 saturated carbocycles. The largest absolute Gasteiger partial charge is 0.497 e. The first-order chi connectivity index (χ1) is 11.7. The Hall–Kier alpha value is -2.49. The number of unbranched alkanes of at least 4 members (excludes halogenated alkanes) is 1. The summed E-state index contributed by atoms with van der Waals surface area (Å²) in [6, 6.07) is 18.0. The van der Waals surface area contributed by atoms with E-state index in [0.29, 0.717) is 13.1 Å². The van der Waals surface area contributed by atoms with Gasteiger partial charge in [0, 0.05) is 18.8 Å².